The molecule has 26 heavy (non-hydrogen) atoms. The van der Waals surface area contributed by atoms with Crippen LogP contribution in [0.15, 0.2) is 11.6 Å². The van der Waals surface area contributed by atoms with E-state index in [1.165, 1.54) is 5.57 Å². The average Bonchev–Trinajstić information content (AvgIpc) is 2.91. The summed E-state index contributed by atoms with van der Waals surface area (Å²) in [7, 11) is 0. The summed E-state index contributed by atoms with van der Waals surface area (Å²) in [6, 6.07) is 0. The first-order valence-electron chi connectivity index (χ1n) is 10.5. The first-order chi connectivity index (χ1) is 12.4. The lowest BCUT2D eigenvalue weighted by Gasteiger charge is -2.57. The Morgan fingerprint density at radius 3 is 2.85 bits per heavy atom. The van der Waals surface area contributed by atoms with E-state index in [-0.39, 0.29) is 12.0 Å². The Labute approximate surface area is 157 Å². The fourth-order valence-electron chi connectivity index (χ4n) is 7.28. The van der Waals surface area contributed by atoms with E-state index in [1.807, 2.05) is 6.08 Å². The van der Waals surface area contributed by atoms with Gasteiger partial charge in [0.25, 0.3) is 0 Å². The molecule has 0 heterocycles. The van der Waals surface area contributed by atoms with Crippen molar-refractivity contribution in [1.29, 1.82) is 0 Å². The zero-order chi connectivity index (χ0) is 18.5. The maximum absolute atomic E-state index is 12.0. The molecule has 0 bridgehead atoms. The smallest absolute Gasteiger partial charge is 0.155 e. The zero-order valence-electron chi connectivity index (χ0n) is 15.9. The summed E-state index contributed by atoms with van der Waals surface area (Å²) in [6.45, 7) is 2.45. The molecule has 3 heteroatoms. The molecule has 0 aromatic carbocycles. The minimum Gasteiger partial charge on any atom is -0.396 e. The van der Waals surface area contributed by atoms with Crippen molar-refractivity contribution in [3.05, 3.63) is 11.6 Å². The van der Waals surface area contributed by atoms with Gasteiger partial charge in [0.05, 0.1) is 0 Å². The van der Waals surface area contributed by atoms with E-state index >= 15 is 0 Å². The van der Waals surface area contributed by atoms with Gasteiger partial charge in [-0.15, -0.1) is 6.42 Å². The van der Waals surface area contributed by atoms with Crippen molar-refractivity contribution in [1.82, 2.24) is 0 Å². The Morgan fingerprint density at radius 1 is 1.31 bits per heavy atom. The molecule has 3 saturated carbocycles. The van der Waals surface area contributed by atoms with E-state index in [1.54, 1.807) is 0 Å². The molecule has 0 radical (unpaired) electrons. The number of terminal acetylenes is 1. The van der Waals surface area contributed by atoms with Gasteiger partial charge >= 0.3 is 0 Å². The normalized spacial score (nSPS) is 47.4. The summed E-state index contributed by atoms with van der Waals surface area (Å²) < 4.78 is 0. The van der Waals surface area contributed by atoms with Gasteiger partial charge in [0.2, 0.25) is 0 Å². The Hall–Kier alpha value is -1.11. The van der Waals surface area contributed by atoms with Crippen LogP contribution in [-0.2, 0) is 4.79 Å². The molecule has 0 unspecified atom stereocenters. The molecule has 0 aromatic heterocycles. The lowest BCUT2D eigenvalue weighted by Crippen LogP contribution is -2.54. The highest BCUT2D eigenvalue weighted by molar-refractivity contribution is 5.91. The SMILES string of the molecule is C#C[C@]1(O)CC[C@H]2[C@@H]3[C@H](CCCO)CC4=CC(=O)CC[C@@H]4[C@H]3CC[C@@]21C. The van der Waals surface area contributed by atoms with Crippen LogP contribution in [0.5, 0.6) is 0 Å². The number of fused-ring (bicyclic) bond motifs is 5. The molecule has 0 aromatic rings. The van der Waals surface area contributed by atoms with Gasteiger partial charge in [-0.05, 0) is 87.0 Å². The van der Waals surface area contributed by atoms with E-state index in [9.17, 15) is 15.0 Å². The van der Waals surface area contributed by atoms with Gasteiger partial charge < -0.3 is 10.2 Å². The highest BCUT2D eigenvalue weighted by atomic mass is 16.3. The largest absolute Gasteiger partial charge is 0.396 e. The Balaban J connectivity index is 1.70. The molecular weight excluding hydrogens is 324 g/mol. The maximum Gasteiger partial charge on any atom is 0.155 e. The maximum atomic E-state index is 12.0. The number of rotatable bonds is 3. The molecule has 0 amide bonds. The minimum absolute atomic E-state index is 0.188. The fraction of sp³-hybridized carbons (Fsp3) is 0.783. The lowest BCUT2D eigenvalue weighted by atomic mass is 9.48. The molecule has 2 N–H and O–H groups in total. The number of carbonyl (C=O) groups excluding carboxylic acids is 1. The van der Waals surface area contributed by atoms with Gasteiger partial charge in [-0.1, -0.05) is 18.4 Å². The number of allylic oxidation sites excluding steroid dienone is 1. The molecule has 3 nitrogen and oxygen atoms in total. The van der Waals surface area contributed by atoms with Gasteiger partial charge in [0, 0.05) is 18.4 Å². The van der Waals surface area contributed by atoms with E-state index in [4.69, 9.17) is 6.42 Å². The molecular formula is C23H32O3. The van der Waals surface area contributed by atoms with Crippen molar-refractivity contribution in [2.24, 2.45) is 35.0 Å². The van der Waals surface area contributed by atoms with Crippen LogP contribution >= 0.6 is 0 Å². The third-order valence-electron chi connectivity index (χ3n) is 8.59. The molecule has 0 saturated heterocycles. The van der Waals surface area contributed by atoms with Crippen molar-refractivity contribution >= 4 is 5.78 Å². The van der Waals surface area contributed by atoms with Crippen LogP contribution in [0.25, 0.3) is 0 Å². The summed E-state index contributed by atoms with van der Waals surface area (Å²) in [5.74, 6) is 5.75. The quantitative estimate of drug-likeness (QED) is 0.761. The van der Waals surface area contributed by atoms with Crippen LogP contribution in [0.4, 0.5) is 0 Å². The number of hydrogen-bond donors (Lipinski definition) is 2. The number of aliphatic hydroxyl groups excluding tert-OH is 1. The number of carbonyl (C=O) groups is 1. The molecule has 0 spiro atoms. The van der Waals surface area contributed by atoms with Crippen molar-refractivity contribution in [2.75, 3.05) is 6.61 Å². The first kappa shape index (κ1) is 18.3. The van der Waals surface area contributed by atoms with Gasteiger partial charge in [-0.3, -0.25) is 4.79 Å². The number of hydrogen-bond acceptors (Lipinski definition) is 3. The van der Waals surface area contributed by atoms with Crippen molar-refractivity contribution in [3.8, 4) is 12.3 Å². The summed E-state index contributed by atoms with van der Waals surface area (Å²) in [5.41, 5.74) is 0.216. The second kappa shape index (κ2) is 6.50. The molecule has 7 atom stereocenters. The predicted octanol–water partition coefficient (Wildman–Crippen LogP) is 3.49. The average molecular weight is 357 g/mol. The zero-order valence-corrected chi connectivity index (χ0v) is 15.9. The molecule has 3 fully saturated rings. The van der Waals surface area contributed by atoms with E-state index in [0.29, 0.717) is 48.2 Å². The minimum atomic E-state index is -0.969. The highest BCUT2D eigenvalue weighted by Crippen LogP contribution is 2.66. The van der Waals surface area contributed by atoms with Crippen LogP contribution in [0.2, 0.25) is 0 Å². The summed E-state index contributed by atoms with van der Waals surface area (Å²) >= 11 is 0. The van der Waals surface area contributed by atoms with Crippen molar-refractivity contribution in [2.45, 2.75) is 70.3 Å². The second-order valence-corrected chi connectivity index (χ2v) is 9.51. The van der Waals surface area contributed by atoms with E-state index in [0.717, 1.165) is 44.9 Å². The third kappa shape index (κ3) is 2.53. The summed E-state index contributed by atoms with van der Waals surface area (Å²) in [6.07, 6.45) is 16.1. The predicted molar refractivity (Wildman–Crippen MR) is 101 cm³/mol. The monoisotopic (exact) mass is 356 g/mol. The number of ketones is 1. The fourth-order valence-corrected chi connectivity index (χ4v) is 7.28. The molecule has 4 aliphatic rings. The van der Waals surface area contributed by atoms with Gasteiger partial charge in [0.15, 0.2) is 5.78 Å². The molecule has 4 aliphatic carbocycles. The Morgan fingerprint density at radius 2 is 2.12 bits per heavy atom. The van der Waals surface area contributed by atoms with Crippen molar-refractivity contribution in [3.63, 3.8) is 0 Å². The van der Waals surface area contributed by atoms with Gasteiger partial charge in [-0.25, -0.2) is 0 Å². The topological polar surface area (TPSA) is 57.5 Å². The molecule has 142 valence electrons. The standard InChI is InChI=1S/C23H32O3/c1-3-23(26)11-9-20-21-15(5-4-12-24)13-16-14-17(25)6-7-18(16)19(21)8-10-22(20,23)2/h1,14-15,18-21,24,26H,4-13H2,2H3/t15-,18+,19-,20+,21-,22+,23+/m1/s1. The molecule has 0 aliphatic heterocycles. The number of aliphatic hydroxyl groups is 2. The van der Waals surface area contributed by atoms with E-state index in [2.05, 4.69) is 12.8 Å². The highest BCUT2D eigenvalue weighted by Gasteiger charge is 2.63. The lowest BCUT2D eigenvalue weighted by molar-refractivity contribution is -0.118. The summed E-state index contributed by atoms with van der Waals surface area (Å²) in [4.78, 5) is 12.0. The van der Waals surface area contributed by atoms with Crippen LogP contribution in [0.1, 0.15) is 64.7 Å². The second-order valence-electron chi connectivity index (χ2n) is 9.51. The van der Waals surface area contributed by atoms with Crippen LogP contribution < -0.4 is 0 Å². The van der Waals surface area contributed by atoms with Gasteiger partial charge in [-0.2, -0.15) is 0 Å². The third-order valence-corrected chi connectivity index (χ3v) is 8.59. The Bertz CT molecular complexity index is 659. The molecule has 4 rings (SSSR count). The first-order valence-corrected chi connectivity index (χ1v) is 10.5. The Kier molecular flexibility index (Phi) is 4.56. The van der Waals surface area contributed by atoms with Gasteiger partial charge in [0.1, 0.15) is 5.60 Å². The van der Waals surface area contributed by atoms with Crippen LogP contribution in [-0.4, -0.2) is 28.2 Å². The van der Waals surface area contributed by atoms with Crippen LogP contribution in [0, 0.1) is 47.3 Å². The summed E-state index contributed by atoms with van der Waals surface area (Å²) in [5, 5.41) is 20.5. The van der Waals surface area contributed by atoms with Crippen molar-refractivity contribution < 1.29 is 15.0 Å². The van der Waals surface area contributed by atoms with E-state index < -0.39 is 5.60 Å². The van der Waals surface area contributed by atoms with Crippen LogP contribution in [0.3, 0.4) is 0 Å².